The maximum atomic E-state index is 13.4. The summed E-state index contributed by atoms with van der Waals surface area (Å²) in [7, 11) is 1.57. The third kappa shape index (κ3) is 6.10. The van der Waals surface area contributed by atoms with Gasteiger partial charge in [0.2, 0.25) is 5.91 Å². The first-order chi connectivity index (χ1) is 14.6. The lowest BCUT2D eigenvalue weighted by Crippen LogP contribution is -2.33. The van der Waals surface area contributed by atoms with Crippen molar-refractivity contribution in [1.29, 1.82) is 0 Å². The molecule has 0 bridgehead atoms. The first-order valence-electron chi connectivity index (χ1n) is 9.48. The van der Waals surface area contributed by atoms with Crippen LogP contribution < -0.4 is 0 Å². The molecule has 1 unspecified atom stereocenters. The SMILES string of the molecule is CC(Sc1ncc(-c2ccccc2)n1CC(F)(F)F)C(=O)N(C)Cc1cccc(F)c1. The Balaban J connectivity index is 1.79. The average Bonchev–Trinajstić information content (AvgIpc) is 3.08. The highest BCUT2D eigenvalue weighted by Gasteiger charge is 2.32. The first kappa shape index (κ1) is 22.9. The average molecular weight is 451 g/mol. The number of hydrogen-bond donors (Lipinski definition) is 0. The van der Waals surface area contributed by atoms with Crippen molar-refractivity contribution in [2.45, 2.75) is 36.6 Å². The summed E-state index contributed by atoms with van der Waals surface area (Å²) >= 11 is 0.963. The quantitative estimate of drug-likeness (QED) is 0.357. The van der Waals surface area contributed by atoms with E-state index in [1.807, 2.05) is 0 Å². The van der Waals surface area contributed by atoms with Gasteiger partial charge in [0.25, 0.3) is 0 Å². The number of amides is 1. The van der Waals surface area contributed by atoms with Crippen LogP contribution in [0.3, 0.4) is 0 Å². The minimum Gasteiger partial charge on any atom is -0.340 e. The Kier molecular flexibility index (Phi) is 7.04. The van der Waals surface area contributed by atoms with Gasteiger partial charge in [-0.2, -0.15) is 13.2 Å². The molecule has 0 N–H and O–H groups in total. The van der Waals surface area contributed by atoms with Crippen LogP contribution in [0, 0.1) is 5.82 Å². The summed E-state index contributed by atoms with van der Waals surface area (Å²) in [5.41, 5.74) is 1.56. The summed E-state index contributed by atoms with van der Waals surface area (Å²) < 4.78 is 54.1. The molecular formula is C22H21F4N3OS. The Labute approximate surface area is 181 Å². The van der Waals surface area contributed by atoms with E-state index in [4.69, 9.17) is 0 Å². The fourth-order valence-corrected chi connectivity index (χ4v) is 4.13. The maximum absolute atomic E-state index is 13.4. The number of carbonyl (C=O) groups is 1. The minimum absolute atomic E-state index is 0.108. The molecule has 0 spiro atoms. The number of carbonyl (C=O) groups excluding carboxylic acids is 1. The fraction of sp³-hybridized carbons (Fsp3) is 0.273. The molecule has 3 aromatic rings. The molecule has 9 heteroatoms. The van der Waals surface area contributed by atoms with Gasteiger partial charge in [-0.1, -0.05) is 54.2 Å². The summed E-state index contributed by atoms with van der Waals surface area (Å²) in [6.45, 7) is 0.594. The van der Waals surface area contributed by atoms with E-state index in [0.717, 1.165) is 16.3 Å². The van der Waals surface area contributed by atoms with Gasteiger partial charge in [0.1, 0.15) is 12.4 Å². The van der Waals surface area contributed by atoms with Gasteiger partial charge in [0, 0.05) is 13.6 Å². The van der Waals surface area contributed by atoms with E-state index in [-0.39, 0.29) is 17.6 Å². The lowest BCUT2D eigenvalue weighted by atomic mass is 10.2. The summed E-state index contributed by atoms with van der Waals surface area (Å²) in [4.78, 5) is 18.3. The van der Waals surface area contributed by atoms with Crippen molar-refractivity contribution in [1.82, 2.24) is 14.5 Å². The standard InChI is InChI=1S/C22H21F4N3OS/c1-15(20(30)28(2)13-16-7-6-10-18(23)11-16)31-21-27-12-19(17-8-4-3-5-9-17)29(21)14-22(24,25)26/h3-12,15H,13-14H2,1-2H3. The van der Waals surface area contributed by atoms with Crippen molar-refractivity contribution in [3.8, 4) is 11.3 Å². The molecule has 0 saturated heterocycles. The molecule has 2 aromatic carbocycles. The monoisotopic (exact) mass is 451 g/mol. The summed E-state index contributed by atoms with van der Waals surface area (Å²) in [5, 5.41) is -0.576. The van der Waals surface area contributed by atoms with Crippen molar-refractivity contribution >= 4 is 17.7 Å². The number of alkyl halides is 3. The zero-order valence-corrected chi connectivity index (χ0v) is 17.8. The Morgan fingerprint density at radius 2 is 1.87 bits per heavy atom. The molecule has 0 fully saturated rings. The Hall–Kier alpha value is -2.81. The van der Waals surface area contributed by atoms with Crippen LogP contribution in [0.4, 0.5) is 17.6 Å². The van der Waals surface area contributed by atoms with Crippen molar-refractivity contribution in [2.75, 3.05) is 7.05 Å². The lowest BCUT2D eigenvalue weighted by molar-refractivity contribution is -0.141. The predicted octanol–water partition coefficient (Wildman–Crippen LogP) is 5.39. The molecular weight excluding hydrogens is 430 g/mol. The largest absolute Gasteiger partial charge is 0.406 e. The van der Waals surface area contributed by atoms with E-state index in [0.29, 0.717) is 16.8 Å². The summed E-state index contributed by atoms with van der Waals surface area (Å²) in [6.07, 6.45) is -3.06. The second-order valence-corrected chi connectivity index (χ2v) is 8.39. The number of hydrogen-bond acceptors (Lipinski definition) is 3. The van der Waals surface area contributed by atoms with Crippen molar-refractivity contribution in [3.05, 3.63) is 72.2 Å². The number of rotatable bonds is 7. The Morgan fingerprint density at radius 3 is 2.52 bits per heavy atom. The van der Waals surface area contributed by atoms with Crippen LogP contribution in [-0.2, 0) is 17.9 Å². The molecule has 0 aliphatic heterocycles. The van der Waals surface area contributed by atoms with Gasteiger partial charge in [0.05, 0.1) is 17.1 Å². The van der Waals surface area contributed by atoms with E-state index in [1.165, 1.54) is 23.2 Å². The predicted molar refractivity (Wildman–Crippen MR) is 112 cm³/mol. The van der Waals surface area contributed by atoms with Crippen LogP contribution in [0.25, 0.3) is 11.3 Å². The van der Waals surface area contributed by atoms with Gasteiger partial charge in [-0.25, -0.2) is 9.37 Å². The topological polar surface area (TPSA) is 38.1 Å². The summed E-state index contributed by atoms with van der Waals surface area (Å²) in [5.74, 6) is -0.694. The fourth-order valence-electron chi connectivity index (χ4n) is 3.13. The van der Waals surface area contributed by atoms with Gasteiger partial charge < -0.3 is 9.47 Å². The van der Waals surface area contributed by atoms with Crippen molar-refractivity contribution < 1.29 is 22.4 Å². The van der Waals surface area contributed by atoms with Crippen LogP contribution >= 0.6 is 11.8 Å². The highest BCUT2D eigenvalue weighted by atomic mass is 32.2. The second kappa shape index (κ2) is 9.55. The molecule has 1 amide bonds. The van der Waals surface area contributed by atoms with Crippen LogP contribution in [0.2, 0.25) is 0 Å². The van der Waals surface area contributed by atoms with E-state index < -0.39 is 23.8 Å². The molecule has 0 aliphatic rings. The molecule has 0 aliphatic carbocycles. The number of halogens is 4. The van der Waals surface area contributed by atoms with Gasteiger partial charge in [-0.3, -0.25) is 4.79 Å². The van der Waals surface area contributed by atoms with Gasteiger partial charge in [-0.15, -0.1) is 0 Å². The van der Waals surface area contributed by atoms with Crippen LogP contribution in [0.15, 0.2) is 66.0 Å². The molecule has 31 heavy (non-hydrogen) atoms. The molecule has 0 saturated carbocycles. The summed E-state index contributed by atoms with van der Waals surface area (Å²) in [6, 6.07) is 14.6. The number of aromatic nitrogens is 2. The normalized spacial score (nSPS) is 12.6. The number of thioether (sulfide) groups is 1. The second-order valence-electron chi connectivity index (χ2n) is 7.08. The first-order valence-corrected chi connectivity index (χ1v) is 10.4. The van der Waals surface area contributed by atoms with Gasteiger partial charge in [-0.05, 0) is 30.2 Å². The zero-order valence-electron chi connectivity index (χ0n) is 16.9. The number of nitrogens with zero attached hydrogens (tertiary/aromatic N) is 3. The van der Waals surface area contributed by atoms with Crippen molar-refractivity contribution in [3.63, 3.8) is 0 Å². The number of imidazole rings is 1. The highest BCUT2D eigenvalue weighted by Crippen LogP contribution is 2.32. The molecule has 164 valence electrons. The van der Waals surface area contributed by atoms with E-state index in [1.54, 1.807) is 56.4 Å². The van der Waals surface area contributed by atoms with Crippen LogP contribution in [0.1, 0.15) is 12.5 Å². The molecule has 3 rings (SSSR count). The lowest BCUT2D eigenvalue weighted by Gasteiger charge is -2.22. The maximum Gasteiger partial charge on any atom is 0.406 e. The van der Waals surface area contributed by atoms with E-state index in [2.05, 4.69) is 4.98 Å². The smallest absolute Gasteiger partial charge is 0.340 e. The molecule has 1 heterocycles. The number of benzene rings is 2. The molecule has 4 nitrogen and oxygen atoms in total. The van der Waals surface area contributed by atoms with Crippen LogP contribution in [-0.4, -0.2) is 38.8 Å². The van der Waals surface area contributed by atoms with E-state index in [9.17, 15) is 22.4 Å². The molecule has 1 atom stereocenters. The third-order valence-electron chi connectivity index (χ3n) is 4.54. The molecule has 1 aromatic heterocycles. The Morgan fingerprint density at radius 1 is 1.16 bits per heavy atom. The van der Waals surface area contributed by atoms with Crippen molar-refractivity contribution in [2.24, 2.45) is 0 Å². The Bertz CT molecular complexity index is 1040. The molecule has 0 radical (unpaired) electrons. The van der Waals surface area contributed by atoms with Crippen LogP contribution in [0.5, 0.6) is 0 Å². The highest BCUT2D eigenvalue weighted by molar-refractivity contribution is 8.00. The third-order valence-corrected chi connectivity index (χ3v) is 5.63. The zero-order chi connectivity index (χ0) is 22.6. The minimum atomic E-state index is -4.44. The van der Waals surface area contributed by atoms with E-state index >= 15 is 0 Å². The van der Waals surface area contributed by atoms with Gasteiger partial charge in [0.15, 0.2) is 5.16 Å². The van der Waals surface area contributed by atoms with Gasteiger partial charge >= 0.3 is 6.18 Å².